The molecule has 0 amide bonds. The summed E-state index contributed by atoms with van der Waals surface area (Å²) >= 11 is 12.8. The normalized spacial score (nSPS) is 10.3. The van der Waals surface area contributed by atoms with Crippen LogP contribution >= 0.6 is 43.5 Å². The molecule has 19 heavy (non-hydrogen) atoms. The first-order valence-corrected chi connectivity index (χ1v) is 7.32. The van der Waals surface area contributed by atoms with E-state index >= 15 is 0 Å². The minimum Gasteiger partial charge on any atom is -0.496 e. The third-order valence-electron chi connectivity index (χ3n) is 2.58. The maximum Gasteiger partial charge on any atom is 0.198 e. The van der Waals surface area contributed by atoms with E-state index in [1.54, 1.807) is 30.3 Å². The van der Waals surface area contributed by atoms with Crippen LogP contribution in [0.1, 0.15) is 15.9 Å². The topological polar surface area (TPSA) is 26.3 Å². The van der Waals surface area contributed by atoms with Crippen LogP contribution < -0.4 is 4.74 Å². The van der Waals surface area contributed by atoms with Crippen LogP contribution in [0.5, 0.6) is 5.75 Å². The predicted octanol–water partition coefficient (Wildman–Crippen LogP) is 5.10. The van der Waals surface area contributed by atoms with E-state index in [2.05, 4.69) is 31.9 Å². The number of hydrogen-bond acceptors (Lipinski definition) is 2. The zero-order valence-corrected chi connectivity index (χ0v) is 13.8. The number of carbonyl (C=O) groups excluding carboxylic acids is 1. The molecular formula is C14H9Br2ClO2. The lowest BCUT2D eigenvalue weighted by atomic mass is 10.0. The van der Waals surface area contributed by atoms with Gasteiger partial charge >= 0.3 is 0 Å². The molecule has 0 spiro atoms. The molecule has 0 bridgehead atoms. The molecule has 0 aliphatic heterocycles. The molecule has 2 aromatic rings. The highest BCUT2D eigenvalue weighted by atomic mass is 79.9. The molecule has 0 aliphatic rings. The van der Waals surface area contributed by atoms with Gasteiger partial charge in [0.1, 0.15) is 5.75 Å². The second-order valence-corrected chi connectivity index (χ2v) is 6.04. The minimum absolute atomic E-state index is 0.171. The fraction of sp³-hybridized carbons (Fsp3) is 0.0714. The van der Waals surface area contributed by atoms with Crippen molar-refractivity contribution in [1.29, 1.82) is 0 Å². The SMILES string of the molecule is COc1ccc(Br)cc1C(=O)c1ccc(Br)cc1Cl. The molecule has 0 unspecified atom stereocenters. The van der Waals surface area contributed by atoms with Gasteiger partial charge in [-0.3, -0.25) is 4.79 Å². The Hall–Kier alpha value is -0.840. The van der Waals surface area contributed by atoms with Crippen molar-refractivity contribution in [1.82, 2.24) is 0 Å². The van der Waals surface area contributed by atoms with Crippen LogP contribution in [0, 0.1) is 0 Å². The zero-order valence-electron chi connectivity index (χ0n) is 9.91. The van der Waals surface area contributed by atoms with Crippen molar-refractivity contribution in [3.63, 3.8) is 0 Å². The molecule has 0 aromatic heterocycles. The molecule has 2 aromatic carbocycles. The van der Waals surface area contributed by atoms with Gasteiger partial charge in [-0.1, -0.05) is 43.5 Å². The van der Waals surface area contributed by atoms with Gasteiger partial charge in [-0.2, -0.15) is 0 Å². The minimum atomic E-state index is -0.171. The summed E-state index contributed by atoms with van der Waals surface area (Å²) in [7, 11) is 1.53. The Labute approximate surface area is 133 Å². The fourth-order valence-corrected chi connectivity index (χ4v) is 2.80. The Kier molecular flexibility index (Phi) is 4.66. The molecule has 0 saturated heterocycles. The van der Waals surface area contributed by atoms with Gasteiger partial charge in [0.15, 0.2) is 5.78 Å². The number of benzene rings is 2. The molecule has 0 heterocycles. The summed E-state index contributed by atoms with van der Waals surface area (Å²) in [6.07, 6.45) is 0. The summed E-state index contributed by atoms with van der Waals surface area (Å²) < 4.78 is 6.85. The van der Waals surface area contributed by atoms with Gasteiger partial charge in [0.2, 0.25) is 0 Å². The van der Waals surface area contributed by atoms with Crippen LogP contribution in [0.25, 0.3) is 0 Å². The van der Waals surface area contributed by atoms with Gasteiger partial charge in [0, 0.05) is 14.5 Å². The smallest absolute Gasteiger partial charge is 0.198 e. The van der Waals surface area contributed by atoms with Crippen molar-refractivity contribution in [2.24, 2.45) is 0 Å². The summed E-state index contributed by atoms with van der Waals surface area (Å²) in [5, 5.41) is 0.404. The summed E-state index contributed by atoms with van der Waals surface area (Å²) in [6.45, 7) is 0. The summed E-state index contributed by atoms with van der Waals surface area (Å²) in [5.74, 6) is 0.350. The molecule has 0 atom stereocenters. The molecule has 5 heteroatoms. The van der Waals surface area contributed by atoms with Gasteiger partial charge < -0.3 is 4.74 Å². The van der Waals surface area contributed by atoms with Crippen molar-refractivity contribution in [2.45, 2.75) is 0 Å². The van der Waals surface area contributed by atoms with Crippen molar-refractivity contribution < 1.29 is 9.53 Å². The molecule has 0 radical (unpaired) electrons. The van der Waals surface area contributed by atoms with Gasteiger partial charge in [0.25, 0.3) is 0 Å². The zero-order chi connectivity index (χ0) is 14.0. The Morgan fingerprint density at radius 2 is 1.68 bits per heavy atom. The highest BCUT2D eigenvalue weighted by molar-refractivity contribution is 9.10. The Balaban J connectivity index is 2.52. The first-order valence-electron chi connectivity index (χ1n) is 5.36. The second kappa shape index (κ2) is 6.07. The quantitative estimate of drug-likeness (QED) is 0.665. The van der Waals surface area contributed by atoms with Gasteiger partial charge in [0.05, 0.1) is 17.7 Å². The largest absolute Gasteiger partial charge is 0.496 e. The molecule has 0 fully saturated rings. The molecular weight excluding hydrogens is 395 g/mol. The van der Waals surface area contributed by atoms with E-state index in [0.717, 1.165) is 8.95 Å². The van der Waals surface area contributed by atoms with Crippen LogP contribution in [0.15, 0.2) is 45.3 Å². The van der Waals surface area contributed by atoms with E-state index in [1.165, 1.54) is 7.11 Å². The van der Waals surface area contributed by atoms with Gasteiger partial charge in [-0.05, 0) is 36.4 Å². The van der Waals surface area contributed by atoms with Crippen LogP contribution in [-0.4, -0.2) is 12.9 Å². The average Bonchev–Trinajstić information content (AvgIpc) is 2.38. The molecule has 0 aliphatic carbocycles. The van der Waals surface area contributed by atoms with E-state index in [-0.39, 0.29) is 5.78 Å². The Bertz CT molecular complexity index is 641. The highest BCUT2D eigenvalue weighted by Gasteiger charge is 2.17. The van der Waals surface area contributed by atoms with E-state index in [9.17, 15) is 4.79 Å². The van der Waals surface area contributed by atoms with Crippen LogP contribution in [-0.2, 0) is 0 Å². The standard InChI is InChI=1S/C14H9Br2ClO2/c1-19-13-5-3-8(15)6-11(13)14(18)10-4-2-9(16)7-12(10)17/h2-7H,1H3. The van der Waals surface area contributed by atoms with Crippen LogP contribution in [0.4, 0.5) is 0 Å². The highest BCUT2D eigenvalue weighted by Crippen LogP contribution is 2.29. The van der Waals surface area contributed by atoms with Crippen molar-refractivity contribution in [3.05, 3.63) is 61.5 Å². The Morgan fingerprint density at radius 1 is 1.05 bits per heavy atom. The number of ether oxygens (including phenoxy) is 1. The lowest BCUT2D eigenvalue weighted by Gasteiger charge is -2.09. The Morgan fingerprint density at radius 3 is 2.32 bits per heavy atom. The average molecular weight is 404 g/mol. The van der Waals surface area contributed by atoms with E-state index in [1.807, 2.05) is 6.07 Å². The number of halogens is 3. The van der Waals surface area contributed by atoms with E-state index < -0.39 is 0 Å². The molecule has 0 saturated carbocycles. The molecule has 0 N–H and O–H groups in total. The second-order valence-electron chi connectivity index (χ2n) is 3.80. The number of rotatable bonds is 3. The molecule has 98 valence electrons. The summed E-state index contributed by atoms with van der Waals surface area (Å²) in [5.41, 5.74) is 0.919. The predicted molar refractivity (Wildman–Crippen MR) is 83.3 cm³/mol. The fourth-order valence-electron chi connectivity index (χ4n) is 1.68. The van der Waals surface area contributed by atoms with Crippen molar-refractivity contribution in [3.8, 4) is 5.75 Å². The monoisotopic (exact) mass is 402 g/mol. The van der Waals surface area contributed by atoms with Crippen molar-refractivity contribution in [2.75, 3.05) is 7.11 Å². The number of hydrogen-bond donors (Lipinski definition) is 0. The van der Waals surface area contributed by atoms with Gasteiger partial charge in [-0.25, -0.2) is 0 Å². The first kappa shape index (κ1) is 14.6. The van der Waals surface area contributed by atoms with E-state index in [0.29, 0.717) is 21.9 Å². The first-order chi connectivity index (χ1) is 9.02. The lowest BCUT2D eigenvalue weighted by Crippen LogP contribution is -2.04. The summed E-state index contributed by atoms with van der Waals surface area (Å²) in [6, 6.07) is 10.4. The maximum atomic E-state index is 12.5. The van der Waals surface area contributed by atoms with Crippen LogP contribution in [0.2, 0.25) is 5.02 Å². The number of methoxy groups -OCH3 is 1. The van der Waals surface area contributed by atoms with Gasteiger partial charge in [-0.15, -0.1) is 0 Å². The van der Waals surface area contributed by atoms with Crippen molar-refractivity contribution >= 4 is 49.2 Å². The number of carbonyl (C=O) groups is 1. The third kappa shape index (κ3) is 3.19. The summed E-state index contributed by atoms with van der Waals surface area (Å²) in [4.78, 5) is 12.5. The van der Waals surface area contributed by atoms with E-state index in [4.69, 9.17) is 16.3 Å². The lowest BCUT2D eigenvalue weighted by molar-refractivity contribution is 0.103. The molecule has 2 nitrogen and oxygen atoms in total. The maximum absolute atomic E-state index is 12.5. The molecule has 2 rings (SSSR count). The number of ketones is 1. The third-order valence-corrected chi connectivity index (χ3v) is 3.88. The van der Waals surface area contributed by atoms with Crippen LogP contribution in [0.3, 0.4) is 0 Å².